The van der Waals surface area contributed by atoms with E-state index in [1.54, 1.807) is 0 Å². The van der Waals surface area contributed by atoms with Gasteiger partial charge in [0.15, 0.2) is 0 Å². The second-order valence-electron chi connectivity index (χ2n) is 4.34. The van der Waals surface area contributed by atoms with E-state index in [1.807, 2.05) is 38.1 Å². The first-order valence-electron chi connectivity index (χ1n) is 5.14. The van der Waals surface area contributed by atoms with Crippen LogP contribution in [0.5, 0.6) is 0 Å². The highest BCUT2D eigenvalue weighted by Crippen LogP contribution is 2.19. The fourth-order valence-corrected chi connectivity index (χ4v) is 1.56. The Balaban J connectivity index is 2.34. The van der Waals surface area contributed by atoms with Gasteiger partial charge in [0.25, 0.3) is 0 Å². The van der Waals surface area contributed by atoms with E-state index in [0.29, 0.717) is 6.61 Å². The van der Waals surface area contributed by atoms with Gasteiger partial charge in [-0.25, -0.2) is 4.99 Å². The average Bonchev–Trinajstić information content (AvgIpc) is 2.69. The van der Waals surface area contributed by atoms with Gasteiger partial charge in [0.1, 0.15) is 6.61 Å². The summed E-state index contributed by atoms with van der Waals surface area (Å²) in [5.41, 5.74) is 7.83. The molecule has 0 aromatic heterocycles. The van der Waals surface area contributed by atoms with Crippen LogP contribution >= 0.6 is 0 Å². The lowest BCUT2D eigenvalue weighted by molar-refractivity contribution is 0.348. The normalized spacial score (nSPS) is 16.1. The molecule has 3 nitrogen and oxygen atoms in total. The molecule has 80 valence electrons. The molecule has 0 radical (unpaired) electrons. The number of aliphatic imine (C=N–C) groups is 1. The van der Waals surface area contributed by atoms with Gasteiger partial charge in [0.05, 0.1) is 6.54 Å². The zero-order valence-corrected chi connectivity index (χ0v) is 9.16. The molecule has 1 heterocycles. The third-order valence-electron chi connectivity index (χ3n) is 2.44. The lowest BCUT2D eigenvalue weighted by Crippen LogP contribution is -2.28. The van der Waals surface area contributed by atoms with Crippen molar-refractivity contribution in [2.24, 2.45) is 10.7 Å². The standard InChI is InChI=1S/C12H16N2O/c1-12(2,13)10-5-3-4-9(8-10)11-14-6-7-15-11/h3-5,8H,6-7,13H2,1-2H3. The first-order chi connectivity index (χ1) is 7.07. The van der Waals surface area contributed by atoms with Crippen molar-refractivity contribution in [3.8, 4) is 0 Å². The molecule has 0 bridgehead atoms. The molecule has 1 aliphatic heterocycles. The van der Waals surface area contributed by atoms with E-state index in [1.165, 1.54) is 0 Å². The highest BCUT2D eigenvalue weighted by molar-refractivity contribution is 5.95. The van der Waals surface area contributed by atoms with Crippen LogP contribution in [0.2, 0.25) is 0 Å². The Bertz CT molecular complexity index is 391. The summed E-state index contributed by atoms with van der Waals surface area (Å²) in [6, 6.07) is 8.06. The molecule has 0 spiro atoms. The van der Waals surface area contributed by atoms with Gasteiger partial charge in [-0.2, -0.15) is 0 Å². The zero-order chi connectivity index (χ0) is 10.9. The number of nitrogens with zero attached hydrogens (tertiary/aromatic N) is 1. The van der Waals surface area contributed by atoms with Crippen molar-refractivity contribution >= 4 is 5.90 Å². The van der Waals surface area contributed by atoms with Crippen molar-refractivity contribution in [1.29, 1.82) is 0 Å². The minimum Gasteiger partial charge on any atom is -0.476 e. The highest BCUT2D eigenvalue weighted by atomic mass is 16.5. The SMILES string of the molecule is CC(C)(N)c1cccc(C2=NCCO2)c1. The molecule has 1 aromatic carbocycles. The molecule has 2 N–H and O–H groups in total. The fraction of sp³-hybridized carbons (Fsp3) is 0.417. The van der Waals surface area contributed by atoms with E-state index >= 15 is 0 Å². The molecule has 1 aliphatic rings. The van der Waals surface area contributed by atoms with Crippen LogP contribution in [0.1, 0.15) is 25.0 Å². The molecule has 1 aromatic rings. The number of nitrogens with two attached hydrogens (primary N) is 1. The monoisotopic (exact) mass is 204 g/mol. The first-order valence-corrected chi connectivity index (χ1v) is 5.14. The van der Waals surface area contributed by atoms with Crippen LogP contribution in [0.15, 0.2) is 29.3 Å². The van der Waals surface area contributed by atoms with Crippen LogP contribution in [0.3, 0.4) is 0 Å². The Morgan fingerprint density at radius 2 is 2.20 bits per heavy atom. The molecule has 0 amide bonds. The van der Waals surface area contributed by atoms with Crippen LogP contribution in [0.4, 0.5) is 0 Å². The molecule has 0 fully saturated rings. The topological polar surface area (TPSA) is 47.6 Å². The second-order valence-corrected chi connectivity index (χ2v) is 4.34. The largest absolute Gasteiger partial charge is 0.476 e. The average molecular weight is 204 g/mol. The summed E-state index contributed by atoms with van der Waals surface area (Å²) in [4.78, 5) is 4.28. The summed E-state index contributed by atoms with van der Waals surface area (Å²) in [6.07, 6.45) is 0. The van der Waals surface area contributed by atoms with Crippen molar-refractivity contribution in [2.45, 2.75) is 19.4 Å². The molecule has 0 aliphatic carbocycles. The Labute approximate surface area is 90.0 Å². The Hall–Kier alpha value is -1.35. The molecule has 0 atom stereocenters. The van der Waals surface area contributed by atoms with Gasteiger partial charge in [-0.1, -0.05) is 12.1 Å². The maximum absolute atomic E-state index is 6.04. The zero-order valence-electron chi connectivity index (χ0n) is 9.16. The Kier molecular flexibility index (Phi) is 2.49. The van der Waals surface area contributed by atoms with Crippen LogP contribution in [0.25, 0.3) is 0 Å². The van der Waals surface area contributed by atoms with Crippen molar-refractivity contribution < 1.29 is 4.74 Å². The lowest BCUT2D eigenvalue weighted by Gasteiger charge is -2.19. The quantitative estimate of drug-likeness (QED) is 0.796. The van der Waals surface area contributed by atoms with E-state index in [0.717, 1.165) is 23.6 Å². The minimum atomic E-state index is -0.324. The third kappa shape index (κ3) is 2.18. The predicted molar refractivity (Wildman–Crippen MR) is 61.0 cm³/mol. The highest BCUT2D eigenvalue weighted by Gasteiger charge is 2.16. The van der Waals surface area contributed by atoms with Gasteiger partial charge in [-0.05, 0) is 31.5 Å². The third-order valence-corrected chi connectivity index (χ3v) is 2.44. The van der Waals surface area contributed by atoms with Crippen LogP contribution in [-0.4, -0.2) is 19.0 Å². The number of ether oxygens (including phenoxy) is 1. The van der Waals surface area contributed by atoms with E-state index in [-0.39, 0.29) is 5.54 Å². The van der Waals surface area contributed by atoms with Gasteiger partial charge in [0.2, 0.25) is 5.90 Å². The van der Waals surface area contributed by atoms with Gasteiger partial charge < -0.3 is 10.5 Å². The summed E-state index contributed by atoms with van der Waals surface area (Å²) in [5, 5.41) is 0. The Morgan fingerprint density at radius 1 is 1.40 bits per heavy atom. The van der Waals surface area contributed by atoms with Gasteiger partial charge in [-0.3, -0.25) is 0 Å². The summed E-state index contributed by atoms with van der Waals surface area (Å²) < 4.78 is 5.42. The second kappa shape index (κ2) is 3.66. The smallest absolute Gasteiger partial charge is 0.216 e. The summed E-state index contributed by atoms with van der Waals surface area (Å²) in [7, 11) is 0. The first kappa shape index (κ1) is 10.2. The van der Waals surface area contributed by atoms with E-state index in [2.05, 4.69) is 4.99 Å². The van der Waals surface area contributed by atoms with E-state index in [4.69, 9.17) is 10.5 Å². The maximum atomic E-state index is 6.04. The van der Waals surface area contributed by atoms with Gasteiger partial charge >= 0.3 is 0 Å². The molecule has 0 unspecified atom stereocenters. The van der Waals surface area contributed by atoms with Gasteiger partial charge in [0, 0.05) is 11.1 Å². The van der Waals surface area contributed by atoms with Crippen molar-refractivity contribution in [3.05, 3.63) is 35.4 Å². The Morgan fingerprint density at radius 3 is 2.80 bits per heavy atom. The lowest BCUT2D eigenvalue weighted by atomic mass is 9.94. The van der Waals surface area contributed by atoms with Crippen molar-refractivity contribution in [3.63, 3.8) is 0 Å². The van der Waals surface area contributed by atoms with Gasteiger partial charge in [-0.15, -0.1) is 0 Å². The fourth-order valence-electron chi connectivity index (χ4n) is 1.56. The van der Waals surface area contributed by atoms with Crippen LogP contribution in [0, 0.1) is 0 Å². The minimum absolute atomic E-state index is 0.324. The predicted octanol–water partition coefficient (Wildman–Crippen LogP) is 1.66. The summed E-state index contributed by atoms with van der Waals surface area (Å²) in [5.74, 6) is 0.737. The number of rotatable bonds is 2. The number of hydrogen-bond donors (Lipinski definition) is 1. The van der Waals surface area contributed by atoms with E-state index in [9.17, 15) is 0 Å². The summed E-state index contributed by atoms with van der Waals surface area (Å²) >= 11 is 0. The number of hydrogen-bond acceptors (Lipinski definition) is 3. The molecule has 0 saturated carbocycles. The molecule has 0 saturated heterocycles. The maximum Gasteiger partial charge on any atom is 0.216 e. The molecule has 15 heavy (non-hydrogen) atoms. The molecular weight excluding hydrogens is 188 g/mol. The molecule has 3 heteroatoms. The van der Waals surface area contributed by atoms with Crippen molar-refractivity contribution in [2.75, 3.05) is 13.2 Å². The van der Waals surface area contributed by atoms with E-state index < -0.39 is 0 Å². The van der Waals surface area contributed by atoms with Crippen LogP contribution in [-0.2, 0) is 10.3 Å². The van der Waals surface area contributed by atoms with Crippen molar-refractivity contribution in [1.82, 2.24) is 0 Å². The molecular formula is C12H16N2O. The summed E-state index contributed by atoms with van der Waals surface area (Å²) in [6.45, 7) is 5.42. The molecule has 2 rings (SSSR count). The van der Waals surface area contributed by atoms with Crippen LogP contribution < -0.4 is 5.73 Å². The number of benzene rings is 1.